The third-order valence-corrected chi connectivity index (χ3v) is 3.19. The van der Waals surface area contributed by atoms with Gasteiger partial charge in [0.2, 0.25) is 0 Å². The predicted molar refractivity (Wildman–Crippen MR) is 89.5 cm³/mol. The van der Waals surface area contributed by atoms with Gasteiger partial charge in [0.25, 0.3) is 0 Å². The first-order chi connectivity index (χ1) is 8.91. The van der Waals surface area contributed by atoms with Crippen LogP contribution in [-0.2, 0) is 0 Å². The molecule has 0 saturated carbocycles. The van der Waals surface area contributed by atoms with Crippen molar-refractivity contribution < 1.29 is 0 Å². The molecule has 0 aliphatic rings. The standard InChI is InChI=1S/C19H32/c1-16(2)10-7-12-18(5)14-9-15-19(6)13-8-11-17(3)4/h11-12,15H,1,7-10,13-14H2,2-6H3/b18-12-,19-15+. The number of hydrogen-bond acceptors (Lipinski definition) is 0. The summed E-state index contributed by atoms with van der Waals surface area (Å²) in [6.45, 7) is 14.9. The largest absolute Gasteiger partial charge is 0.100 e. The molecule has 108 valence electrons. The Morgan fingerprint density at radius 2 is 1.11 bits per heavy atom. The van der Waals surface area contributed by atoms with Gasteiger partial charge in [-0.25, -0.2) is 0 Å². The second-order valence-electron chi connectivity index (χ2n) is 5.96. The Labute approximate surface area is 121 Å². The summed E-state index contributed by atoms with van der Waals surface area (Å²) in [5, 5.41) is 0. The van der Waals surface area contributed by atoms with E-state index in [1.54, 1.807) is 0 Å². The molecule has 0 nitrogen and oxygen atoms in total. The maximum absolute atomic E-state index is 3.93. The molecule has 0 heteroatoms. The summed E-state index contributed by atoms with van der Waals surface area (Å²) < 4.78 is 0. The topological polar surface area (TPSA) is 0 Å². The lowest BCUT2D eigenvalue weighted by atomic mass is 10.0. The van der Waals surface area contributed by atoms with E-state index < -0.39 is 0 Å². The van der Waals surface area contributed by atoms with E-state index in [4.69, 9.17) is 0 Å². The fourth-order valence-electron chi connectivity index (χ4n) is 1.90. The van der Waals surface area contributed by atoms with Crippen molar-refractivity contribution in [1.82, 2.24) is 0 Å². The fraction of sp³-hybridized carbons (Fsp3) is 0.579. The van der Waals surface area contributed by atoms with Crippen LogP contribution in [0.5, 0.6) is 0 Å². The van der Waals surface area contributed by atoms with E-state index in [0.29, 0.717) is 0 Å². The van der Waals surface area contributed by atoms with Crippen LogP contribution in [0.3, 0.4) is 0 Å². The van der Waals surface area contributed by atoms with E-state index in [9.17, 15) is 0 Å². The fourth-order valence-corrected chi connectivity index (χ4v) is 1.90. The number of hydrogen-bond donors (Lipinski definition) is 0. The Hall–Kier alpha value is -1.04. The molecule has 0 aromatic heterocycles. The summed E-state index contributed by atoms with van der Waals surface area (Å²) in [6, 6.07) is 0. The van der Waals surface area contributed by atoms with E-state index in [1.165, 1.54) is 48.0 Å². The second-order valence-corrected chi connectivity index (χ2v) is 5.96. The monoisotopic (exact) mass is 260 g/mol. The normalized spacial score (nSPS) is 12.5. The van der Waals surface area contributed by atoms with Gasteiger partial charge < -0.3 is 0 Å². The lowest BCUT2D eigenvalue weighted by Crippen LogP contribution is -1.81. The molecule has 0 aliphatic heterocycles. The Balaban J connectivity index is 3.86. The second kappa shape index (κ2) is 10.8. The summed E-state index contributed by atoms with van der Waals surface area (Å²) in [4.78, 5) is 0. The van der Waals surface area contributed by atoms with Crippen LogP contribution in [0.4, 0.5) is 0 Å². The molecule has 0 radical (unpaired) electrons. The van der Waals surface area contributed by atoms with Crippen molar-refractivity contribution in [3.05, 3.63) is 47.1 Å². The summed E-state index contributed by atoms with van der Waals surface area (Å²) in [5.74, 6) is 0. The molecule has 0 unspecified atom stereocenters. The smallest absolute Gasteiger partial charge is 0.0288 e. The summed E-state index contributed by atoms with van der Waals surface area (Å²) in [5.41, 5.74) is 5.73. The Morgan fingerprint density at radius 1 is 0.684 bits per heavy atom. The van der Waals surface area contributed by atoms with Gasteiger partial charge in [0.05, 0.1) is 0 Å². The van der Waals surface area contributed by atoms with Crippen LogP contribution in [0.25, 0.3) is 0 Å². The Kier molecular flexibility index (Phi) is 10.2. The van der Waals surface area contributed by atoms with Crippen LogP contribution in [0.15, 0.2) is 47.1 Å². The van der Waals surface area contributed by atoms with Crippen molar-refractivity contribution in [1.29, 1.82) is 0 Å². The third-order valence-electron chi connectivity index (χ3n) is 3.19. The average Bonchev–Trinajstić information content (AvgIpc) is 2.27. The van der Waals surface area contributed by atoms with E-state index in [2.05, 4.69) is 59.4 Å². The molecule has 19 heavy (non-hydrogen) atoms. The first-order valence-electron chi connectivity index (χ1n) is 7.50. The molecule has 0 N–H and O–H groups in total. The first-order valence-corrected chi connectivity index (χ1v) is 7.50. The van der Waals surface area contributed by atoms with Crippen molar-refractivity contribution in [2.24, 2.45) is 0 Å². The zero-order valence-electron chi connectivity index (χ0n) is 13.7. The molecule has 0 bridgehead atoms. The van der Waals surface area contributed by atoms with E-state index in [-0.39, 0.29) is 0 Å². The highest BCUT2D eigenvalue weighted by Crippen LogP contribution is 2.12. The first kappa shape index (κ1) is 18.0. The van der Waals surface area contributed by atoms with Crippen molar-refractivity contribution in [3.63, 3.8) is 0 Å². The van der Waals surface area contributed by atoms with Crippen LogP contribution in [-0.4, -0.2) is 0 Å². The molecule has 0 rings (SSSR count). The van der Waals surface area contributed by atoms with Gasteiger partial charge in [0, 0.05) is 0 Å². The van der Waals surface area contributed by atoms with Gasteiger partial charge in [-0.3, -0.25) is 0 Å². The molecule has 0 atom stereocenters. The van der Waals surface area contributed by atoms with Crippen molar-refractivity contribution >= 4 is 0 Å². The third kappa shape index (κ3) is 13.2. The number of allylic oxidation sites excluding steroid dienone is 7. The van der Waals surface area contributed by atoms with Crippen molar-refractivity contribution in [2.45, 2.75) is 73.1 Å². The Bertz CT molecular complexity index is 346. The van der Waals surface area contributed by atoms with Gasteiger partial charge in [-0.15, -0.1) is 6.58 Å². The summed E-state index contributed by atoms with van der Waals surface area (Å²) in [7, 11) is 0. The molecule has 0 aliphatic carbocycles. The summed E-state index contributed by atoms with van der Waals surface area (Å²) >= 11 is 0. The van der Waals surface area contributed by atoms with Crippen molar-refractivity contribution in [2.75, 3.05) is 0 Å². The van der Waals surface area contributed by atoms with Gasteiger partial charge in [0.1, 0.15) is 0 Å². The minimum absolute atomic E-state index is 1.12. The molecule has 0 saturated heterocycles. The highest BCUT2D eigenvalue weighted by molar-refractivity contribution is 5.06. The number of rotatable bonds is 9. The van der Waals surface area contributed by atoms with Crippen LogP contribution < -0.4 is 0 Å². The van der Waals surface area contributed by atoms with Crippen LogP contribution >= 0.6 is 0 Å². The molecular weight excluding hydrogens is 228 g/mol. The van der Waals surface area contributed by atoms with Crippen molar-refractivity contribution in [3.8, 4) is 0 Å². The molecule has 0 spiro atoms. The van der Waals surface area contributed by atoms with Gasteiger partial charge in [-0.05, 0) is 73.1 Å². The predicted octanol–water partition coefficient (Wildman–Crippen LogP) is 6.76. The molecule has 0 amide bonds. The zero-order chi connectivity index (χ0) is 14.7. The maximum Gasteiger partial charge on any atom is -0.0288 e. The lowest BCUT2D eigenvalue weighted by molar-refractivity contribution is 0.901. The van der Waals surface area contributed by atoms with Crippen LogP contribution in [0.2, 0.25) is 0 Å². The average molecular weight is 260 g/mol. The van der Waals surface area contributed by atoms with E-state index in [1.807, 2.05) is 0 Å². The van der Waals surface area contributed by atoms with Gasteiger partial charge in [-0.2, -0.15) is 0 Å². The lowest BCUT2D eigenvalue weighted by Gasteiger charge is -2.02. The molecular formula is C19H32. The highest BCUT2D eigenvalue weighted by Gasteiger charge is 1.92. The SMILES string of the molecule is C=C(C)CC/C=C(/C)CC/C=C(\C)CCC=C(C)C. The van der Waals surface area contributed by atoms with E-state index in [0.717, 1.165) is 12.8 Å². The van der Waals surface area contributed by atoms with Crippen LogP contribution in [0.1, 0.15) is 73.1 Å². The zero-order valence-corrected chi connectivity index (χ0v) is 13.7. The molecule has 0 aromatic carbocycles. The van der Waals surface area contributed by atoms with Gasteiger partial charge in [-0.1, -0.05) is 40.5 Å². The Morgan fingerprint density at radius 3 is 1.53 bits per heavy atom. The van der Waals surface area contributed by atoms with Gasteiger partial charge in [0.15, 0.2) is 0 Å². The van der Waals surface area contributed by atoms with Crippen LogP contribution in [0, 0.1) is 0 Å². The highest BCUT2D eigenvalue weighted by atomic mass is 14.0. The van der Waals surface area contributed by atoms with Gasteiger partial charge >= 0.3 is 0 Å². The molecule has 0 aromatic rings. The quantitative estimate of drug-likeness (QED) is 0.402. The minimum Gasteiger partial charge on any atom is -0.100 e. The molecule has 0 fully saturated rings. The van der Waals surface area contributed by atoms with E-state index >= 15 is 0 Å². The molecule has 0 heterocycles. The minimum atomic E-state index is 1.12. The summed E-state index contributed by atoms with van der Waals surface area (Å²) in [6.07, 6.45) is 14.1. The maximum atomic E-state index is 3.93.